The minimum absolute atomic E-state index is 0.224. The van der Waals surface area contributed by atoms with E-state index >= 15 is 0 Å². The van der Waals surface area contributed by atoms with E-state index in [1.54, 1.807) is 18.2 Å². The molecule has 0 unspecified atom stereocenters. The first-order valence-corrected chi connectivity index (χ1v) is 4.05. The average molecular weight is 164 g/mol. The quantitative estimate of drug-likeness (QED) is 0.695. The summed E-state index contributed by atoms with van der Waals surface area (Å²) in [5.74, 6) is 0.224. The van der Waals surface area contributed by atoms with Crippen molar-refractivity contribution in [3.8, 4) is 5.75 Å². The molecule has 0 fully saturated rings. The molecule has 2 heteroatoms. The van der Waals surface area contributed by atoms with Crippen molar-refractivity contribution in [3.63, 3.8) is 0 Å². The highest BCUT2D eigenvalue weighted by molar-refractivity contribution is 5.78. The number of hydrogen-bond acceptors (Lipinski definition) is 2. The number of phenols is 1. The molecule has 1 aromatic carbocycles. The first-order chi connectivity index (χ1) is 5.79. The number of carbonyl (C=O) groups excluding carboxylic acids is 1. The number of phenolic OH excluding ortho intramolecular Hbond substituents is 1. The molecule has 12 heavy (non-hydrogen) atoms. The summed E-state index contributed by atoms with van der Waals surface area (Å²) in [6.45, 7) is 2.01. The molecule has 64 valence electrons. The van der Waals surface area contributed by atoms with Gasteiger partial charge in [0.15, 0.2) is 0 Å². The summed E-state index contributed by atoms with van der Waals surface area (Å²) in [4.78, 5) is 10.5. The van der Waals surface area contributed by atoms with Crippen LogP contribution < -0.4 is 0 Å². The molecular formula is C10H12O2. The molecular weight excluding hydrogens is 152 g/mol. The van der Waals surface area contributed by atoms with Gasteiger partial charge in [0.2, 0.25) is 0 Å². The second kappa shape index (κ2) is 3.90. The van der Waals surface area contributed by atoms with Crippen molar-refractivity contribution in [1.82, 2.24) is 0 Å². The van der Waals surface area contributed by atoms with Crippen LogP contribution in [0.15, 0.2) is 18.2 Å². The molecule has 0 amide bonds. The summed E-state index contributed by atoms with van der Waals surface area (Å²) in [6, 6.07) is 5.01. The summed E-state index contributed by atoms with van der Waals surface area (Å²) in [6.07, 6.45) is 2.46. The molecule has 0 atom stereocenters. The van der Waals surface area contributed by atoms with Gasteiger partial charge in [0.25, 0.3) is 0 Å². The lowest BCUT2D eigenvalue weighted by Crippen LogP contribution is -1.92. The van der Waals surface area contributed by atoms with Crippen molar-refractivity contribution in [2.24, 2.45) is 0 Å². The molecule has 0 bridgehead atoms. The predicted molar refractivity (Wildman–Crippen MR) is 47.5 cm³/mol. The van der Waals surface area contributed by atoms with E-state index in [9.17, 15) is 9.90 Å². The second-order valence-corrected chi connectivity index (χ2v) is 2.71. The number of benzene rings is 1. The van der Waals surface area contributed by atoms with Gasteiger partial charge in [-0.15, -0.1) is 0 Å². The highest BCUT2D eigenvalue weighted by Gasteiger charge is 2.04. The Morgan fingerprint density at radius 2 is 2.25 bits per heavy atom. The molecule has 0 saturated heterocycles. The van der Waals surface area contributed by atoms with E-state index in [2.05, 4.69) is 0 Å². The van der Waals surface area contributed by atoms with Crippen molar-refractivity contribution in [3.05, 3.63) is 29.3 Å². The van der Waals surface area contributed by atoms with E-state index in [0.29, 0.717) is 5.56 Å². The van der Waals surface area contributed by atoms with Gasteiger partial charge in [0.1, 0.15) is 12.0 Å². The van der Waals surface area contributed by atoms with E-state index in [-0.39, 0.29) is 5.75 Å². The van der Waals surface area contributed by atoms with Crippen molar-refractivity contribution in [2.75, 3.05) is 0 Å². The Morgan fingerprint density at radius 1 is 1.50 bits per heavy atom. The van der Waals surface area contributed by atoms with E-state index in [1.165, 1.54) is 0 Å². The zero-order valence-electron chi connectivity index (χ0n) is 7.08. The highest BCUT2D eigenvalue weighted by Crippen LogP contribution is 2.20. The summed E-state index contributed by atoms with van der Waals surface area (Å²) >= 11 is 0. The van der Waals surface area contributed by atoms with Crippen LogP contribution in [0.3, 0.4) is 0 Å². The molecule has 0 aliphatic heterocycles. The lowest BCUT2D eigenvalue weighted by Gasteiger charge is -2.04. The monoisotopic (exact) mass is 164 g/mol. The Labute approximate surface area is 71.8 Å². The Hall–Kier alpha value is -1.31. The van der Waals surface area contributed by atoms with Crippen LogP contribution in [-0.4, -0.2) is 11.4 Å². The van der Waals surface area contributed by atoms with Crippen LogP contribution in [0.25, 0.3) is 0 Å². The van der Waals surface area contributed by atoms with Gasteiger partial charge in [0, 0.05) is 11.1 Å². The first kappa shape index (κ1) is 8.78. The molecule has 0 radical (unpaired) electrons. The van der Waals surface area contributed by atoms with Gasteiger partial charge in [0.05, 0.1) is 0 Å². The smallest absolute Gasteiger partial charge is 0.150 e. The maximum atomic E-state index is 10.5. The fourth-order valence-corrected chi connectivity index (χ4v) is 1.22. The van der Waals surface area contributed by atoms with Gasteiger partial charge in [-0.3, -0.25) is 4.79 Å². The van der Waals surface area contributed by atoms with Gasteiger partial charge in [-0.25, -0.2) is 0 Å². The van der Waals surface area contributed by atoms with Gasteiger partial charge >= 0.3 is 0 Å². The Balaban J connectivity index is 3.10. The molecule has 2 nitrogen and oxygen atoms in total. The lowest BCUT2D eigenvalue weighted by molar-refractivity contribution is 0.112. The van der Waals surface area contributed by atoms with Crippen LogP contribution >= 0.6 is 0 Å². The first-order valence-electron chi connectivity index (χ1n) is 4.05. The molecule has 1 N–H and O–H groups in total. The van der Waals surface area contributed by atoms with Crippen molar-refractivity contribution < 1.29 is 9.90 Å². The molecule has 0 aromatic heterocycles. The number of carbonyl (C=O) groups is 1. The maximum Gasteiger partial charge on any atom is 0.150 e. The Bertz CT molecular complexity index is 279. The van der Waals surface area contributed by atoms with Crippen LogP contribution in [0, 0.1) is 0 Å². The predicted octanol–water partition coefficient (Wildman–Crippen LogP) is 2.16. The fourth-order valence-electron chi connectivity index (χ4n) is 1.22. The van der Waals surface area contributed by atoms with Gasteiger partial charge in [-0.2, -0.15) is 0 Å². The van der Waals surface area contributed by atoms with Crippen LogP contribution in [-0.2, 0) is 6.42 Å². The zero-order chi connectivity index (χ0) is 8.97. The third-order valence-corrected chi connectivity index (χ3v) is 1.81. The van der Waals surface area contributed by atoms with Gasteiger partial charge in [-0.1, -0.05) is 25.5 Å². The lowest BCUT2D eigenvalue weighted by atomic mass is 10.0. The highest BCUT2D eigenvalue weighted by atomic mass is 16.3. The molecule has 1 aromatic rings. The van der Waals surface area contributed by atoms with E-state index in [0.717, 1.165) is 24.7 Å². The normalized spacial score (nSPS) is 9.75. The Kier molecular flexibility index (Phi) is 2.86. The minimum Gasteiger partial charge on any atom is -0.508 e. The van der Waals surface area contributed by atoms with Gasteiger partial charge < -0.3 is 5.11 Å². The molecule has 0 aliphatic carbocycles. The summed E-state index contributed by atoms with van der Waals surface area (Å²) in [5.41, 5.74) is 1.35. The average Bonchev–Trinajstić information content (AvgIpc) is 2.09. The third-order valence-electron chi connectivity index (χ3n) is 1.81. The molecule has 0 spiro atoms. The Morgan fingerprint density at radius 3 is 2.83 bits per heavy atom. The molecule has 0 heterocycles. The zero-order valence-corrected chi connectivity index (χ0v) is 7.08. The number of aromatic hydroxyl groups is 1. The minimum atomic E-state index is 0.224. The number of rotatable bonds is 3. The molecule has 1 rings (SSSR count). The summed E-state index contributed by atoms with van der Waals surface area (Å²) < 4.78 is 0. The van der Waals surface area contributed by atoms with Gasteiger partial charge in [-0.05, 0) is 12.5 Å². The third kappa shape index (κ3) is 1.64. The summed E-state index contributed by atoms with van der Waals surface area (Å²) in [7, 11) is 0. The topological polar surface area (TPSA) is 37.3 Å². The second-order valence-electron chi connectivity index (χ2n) is 2.71. The van der Waals surface area contributed by atoms with Crippen molar-refractivity contribution in [2.45, 2.75) is 19.8 Å². The van der Waals surface area contributed by atoms with Crippen molar-refractivity contribution >= 4 is 6.29 Å². The van der Waals surface area contributed by atoms with E-state index in [1.807, 2.05) is 6.92 Å². The van der Waals surface area contributed by atoms with Crippen LogP contribution in [0.1, 0.15) is 29.3 Å². The summed E-state index contributed by atoms with van der Waals surface area (Å²) in [5, 5.41) is 9.39. The number of hydrogen-bond donors (Lipinski definition) is 1. The molecule has 0 saturated carbocycles. The number of aldehydes is 1. The van der Waals surface area contributed by atoms with E-state index < -0.39 is 0 Å². The SMILES string of the molecule is CCCc1c(O)cccc1C=O. The largest absolute Gasteiger partial charge is 0.508 e. The van der Waals surface area contributed by atoms with Crippen LogP contribution in [0.5, 0.6) is 5.75 Å². The van der Waals surface area contributed by atoms with Crippen molar-refractivity contribution in [1.29, 1.82) is 0 Å². The van der Waals surface area contributed by atoms with Crippen LogP contribution in [0.4, 0.5) is 0 Å². The van der Waals surface area contributed by atoms with E-state index in [4.69, 9.17) is 0 Å². The fraction of sp³-hybridized carbons (Fsp3) is 0.300. The maximum absolute atomic E-state index is 10.5. The standard InChI is InChI=1S/C10H12O2/c1-2-4-9-8(7-11)5-3-6-10(9)12/h3,5-7,12H,2,4H2,1H3. The molecule has 0 aliphatic rings. The van der Waals surface area contributed by atoms with Crippen LogP contribution in [0.2, 0.25) is 0 Å².